The van der Waals surface area contributed by atoms with Crippen LogP contribution in [0.25, 0.3) is 0 Å². The zero-order valence-electron chi connectivity index (χ0n) is 14.9. The summed E-state index contributed by atoms with van der Waals surface area (Å²) in [5.74, 6) is 1.17. The molecule has 1 amide bonds. The summed E-state index contributed by atoms with van der Waals surface area (Å²) in [4.78, 5) is 15.0. The minimum Gasteiger partial charge on any atom is -0.380 e. The monoisotopic (exact) mass is 298 g/mol. The molecule has 21 heavy (non-hydrogen) atoms. The zero-order chi connectivity index (χ0) is 16.2. The Hall–Kier alpha value is -0.610. The van der Waals surface area contributed by atoms with E-state index < -0.39 is 5.54 Å². The smallest absolute Gasteiger partial charge is 0.244 e. The van der Waals surface area contributed by atoms with E-state index in [1.807, 2.05) is 13.8 Å². The molecule has 3 atom stereocenters. The molecule has 1 rings (SSSR count). The van der Waals surface area contributed by atoms with Crippen LogP contribution in [-0.2, 0) is 9.53 Å². The van der Waals surface area contributed by atoms with Crippen molar-refractivity contribution in [3.63, 3.8) is 0 Å². The van der Waals surface area contributed by atoms with Gasteiger partial charge in [-0.25, -0.2) is 0 Å². The van der Waals surface area contributed by atoms with Gasteiger partial charge in [-0.05, 0) is 38.5 Å². The summed E-state index contributed by atoms with van der Waals surface area (Å²) in [7, 11) is 0. The van der Waals surface area contributed by atoms with Crippen molar-refractivity contribution in [3.8, 4) is 0 Å². The van der Waals surface area contributed by atoms with Crippen LogP contribution in [-0.4, -0.2) is 41.8 Å². The number of carbonyl (C=O) groups excluding carboxylic acids is 1. The van der Waals surface area contributed by atoms with Crippen molar-refractivity contribution >= 4 is 5.91 Å². The Morgan fingerprint density at radius 1 is 1.29 bits per heavy atom. The second-order valence-electron chi connectivity index (χ2n) is 7.16. The lowest BCUT2D eigenvalue weighted by Crippen LogP contribution is -2.50. The quantitative estimate of drug-likeness (QED) is 0.749. The summed E-state index contributed by atoms with van der Waals surface area (Å²) in [5.41, 5.74) is -0.432. The lowest BCUT2D eigenvalue weighted by molar-refractivity contribution is -0.137. The van der Waals surface area contributed by atoms with E-state index >= 15 is 0 Å². The highest BCUT2D eigenvalue weighted by molar-refractivity contribution is 5.88. The van der Waals surface area contributed by atoms with Gasteiger partial charge in [0.15, 0.2) is 0 Å². The average Bonchev–Trinajstić information content (AvgIpc) is 2.63. The van der Waals surface area contributed by atoms with Gasteiger partial charge in [0.1, 0.15) is 0 Å². The highest BCUT2D eigenvalue weighted by atomic mass is 16.5. The molecule has 1 heterocycles. The maximum atomic E-state index is 13.0. The fourth-order valence-corrected chi connectivity index (χ4v) is 3.01. The first kappa shape index (κ1) is 18.4. The Morgan fingerprint density at radius 2 is 1.90 bits per heavy atom. The molecular formula is C17H34N2O2. The second kappa shape index (κ2) is 7.59. The zero-order valence-corrected chi connectivity index (χ0v) is 14.9. The second-order valence-corrected chi connectivity index (χ2v) is 7.16. The van der Waals surface area contributed by atoms with Gasteiger partial charge in [0.25, 0.3) is 0 Å². The Balaban J connectivity index is 3.02. The van der Waals surface area contributed by atoms with Gasteiger partial charge >= 0.3 is 0 Å². The van der Waals surface area contributed by atoms with Crippen molar-refractivity contribution < 1.29 is 9.53 Å². The molecule has 0 aromatic carbocycles. The summed E-state index contributed by atoms with van der Waals surface area (Å²) in [6.07, 6.45) is 1.92. The van der Waals surface area contributed by atoms with Crippen LogP contribution in [0.2, 0.25) is 0 Å². The van der Waals surface area contributed by atoms with E-state index in [1.54, 1.807) is 0 Å². The summed E-state index contributed by atoms with van der Waals surface area (Å²) in [6.45, 7) is 16.2. The summed E-state index contributed by atoms with van der Waals surface area (Å²) in [6, 6.07) is 0.141. The van der Waals surface area contributed by atoms with Crippen LogP contribution in [0.1, 0.15) is 61.3 Å². The van der Waals surface area contributed by atoms with E-state index in [2.05, 4.69) is 44.8 Å². The number of hydrogen-bond acceptors (Lipinski definition) is 3. The van der Waals surface area contributed by atoms with Gasteiger partial charge in [-0.3, -0.25) is 10.1 Å². The number of nitrogens with one attached hydrogen (secondary N) is 1. The molecule has 0 aliphatic carbocycles. The van der Waals surface area contributed by atoms with Gasteiger partial charge in [0, 0.05) is 6.61 Å². The van der Waals surface area contributed by atoms with Gasteiger partial charge in [0.05, 0.1) is 24.4 Å². The van der Waals surface area contributed by atoms with E-state index in [0.717, 1.165) is 12.8 Å². The molecule has 4 heteroatoms. The van der Waals surface area contributed by atoms with Crippen LogP contribution in [0.15, 0.2) is 0 Å². The lowest BCUT2D eigenvalue weighted by Gasteiger charge is -2.36. The topological polar surface area (TPSA) is 41.6 Å². The molecule has 1 fully saturated rings. The molecular weight excluding hydrogens is 264 g/mol. The number of carbonyl (C=O) groups is 1. The molecule has 124 valence electrons. The first-order valence-electron chi connectivity index (χ1n) is 8.45. The molecule has 0 aromatic rings. The van der Waals surface area contributed by atoms with E-state index in [0.29, 0.717) is 25.0 Å². The Kier molecular flexibility index (Phi) is 6.67. The van der Waals surface area contributed by atoms with E-state index in [1.165, 1.54) is 0 Å². The minimum atomic E-state index is -0.432. The van der Waals surface area contributed by atoms with Gasteiger partial charge < -0.3 is 9.64 Å². The molecule has 1 aliphatic rings. The maximum Gasteiger partial charge on any atom is 0.244 e. The normalized spacial score (nSPS) is 28.0. The standard InChI is InChI=1S/C17H34N2O2/c1-8-17(7)16(20)19(15(18-17)10-12(3)4)14(13(5)6)11-21-9-2/h12-15,18H,8-11H2,1-7H3. The summed E-state index contributed by atoms with van der Waals surface area (Å²) >= 11 is 0. The first-order valence-corrected chi connectivity index (χ1v) is 8.45. The number of ether oxygens (including phenoxy) is 1. The van der Waals surface area contributed by atoms with Crippen molar-refractivity contribution in [1.82, 2.24) is 10.2 Å². The van der Waals surface area contributed by atoms with Crippen LogP contribution in [0, 0.1) is 11.8 Å². The summed E-state index contributed by atoms with van der Waals surface area (Å²) < 4.78 is 5.65. The molecule has 1 aliphatic heterocycles. The Labute approximate surface area is 130 Å². The van der Waals surface area contributed by atoms with Gasteiger partial charge in [-0.1, -0.05) is 34.6 Å². The number of rotatable bonds is 8. The van der Waals surface area contributed by atoms with E-state index in [4.69, 9.17) is 4.74 Å². The highest BCUT2D eigenvalue weighted by Crippen LogP contribution is 2.30. The molecule has 0 bridgehead atoms. The summed E-state index contributed by atoms with van der Waals surface area (Å²) in [5, 5.41) is 3.58. The van der Waals surface area contributed by atoms with Crippen molar-refractivity contribution in [2.24, 2.45) is 11.8 Å². The van der Waals surface area contributed by atoms with Crippen LogP contribution < -0.4 is 5.32 Å². The Bertz CT molecular complexity index is 344. The number of amides is 1. The fourth-order valence-electron chi connectivity index (χ4n) is 3.01. The van der Waals surface area contributed by atoms with Crippen LogP contribution in [0.3, 0.4) is 0 Å². The maximum absolute atomic E-state index is 13.0. The van der Waals surface area contributed by atoms with Crippen molar-refractivity contribution in [2.75, 3.05) is 13.2 Å². The third-order valence-electron chi connectivity index (χ3n) is 4.55. The van der Waals surface area contributed by atoms with E-state index in [-0.39, 0.29) is 18.1 Å². The molecule has 3 unspecified atom stereocenters. The minimum absolute atomic E-state index is 0.121. The van der Waals surface area contributed by atoms with Crippen LogP contribution in [0.5, 0.6) is 0 Å². The average molecular weight is 298 g/mol. The molecule has 4 nitrogen and oxygen atoms in total. The predicted octanol–water partition coefficient (Wildman–Crippen LogP) is 3.02. The lowest BCUT2D eigenvalue weighted by atomic mass is 9.97. The highest BCUT2D eigenvalue weighted by Gasteiger charge is 2.49. The third-order valence-corrected chi connectivity index (χ3v) is 4.55. The molecule has 0 saturated carbocycles. The molecule has 1 N–H and O–H groups in total. The van der Waals surface area contributed by atoms with Gasteiger partial charge in [-0.15, -0.1) is 0 Å². The van der Waals surface area contributed by atoms with Crippen LogP contribution in [0.4, 0.5) is 0 Å². The fraction of sp³-hybridized carbons (Fsp3) is 0.941. The predicted molar refractivity (Wildman–Crippen MR) is 87.0 cm³/mol. The Morgan fingerprint density at radius 3 is 2.33 bits per heavy atom. The third kappa shape index (κ3) is 4.19. The molecule has 0 radical (unpaired) electrons. The molecule has 0 spiro atoms. The van der Waals surface area contributed by atoms with Crippen molar-refractivity contribution in [3.05, 3.63) is 0 Å². The van der Waals surface area contributed by atoms with E-state index in [9.17, 15) is 4.79 Å². The first-order chi connectivity index (χ1) is 9.76. The van der Waals surface area contributed by atoms with Crippen molar-refractivity contribution in [1.29, 1.82) is 0 Å². The number of hydrogen-bond donors (Lipinski definition) is 1. The molecule has 0 aromatic heterocycles. The SMILES string of the molecule is CCOCC(C(C)C)N1C(=O)C(C)(CC)NC1CC(C)C. The number of nitrogens with zero attached hydrogens (tertiary/aromatic N) is 1. The molecule has 1 saturated heterocycles. The van der Waals surface area contributed by atoms with Gasteiger partial charge in [0.2, 0.25) is 5.91 Å². The van der Waals surface area contributed by atoms with Crippen LogP contribution >= 0.6 is 0 Å². The largest absolute Gasteiger partial charge is 0.380 e. The van der Waals surface area contributed by atoms with Gasteiger partial charge in [-0.2, -0.15) is 0 Å². The van der Waals surface area contributed by atoms with Crippen molar-refractivity contribution in [2.45, 2.75) is 79.1 Å².